The van der Waals surface area contributed by atoms with E-state index < -0.39 is 12.1 Å². The van der Waals surface area contributed by atoms with Gasteiger partial charge in [0.1, 0.15) is 17.6 Å². The van der Waals surface area contributed by atoms with Gasteiger partial charge < -0.3 is 15.4 Å². The highest BCUT2D eigenvalue weighted by Gasteiger charge is 2.26. The first-order valence-electron chi connectivity index (χ1n) is 9.09. The van der Waals surface area contributed by atoms with E-state index in [0.29, 0.717) is 17.9 Å². The van der Waals surface area contributed by atoms with Gasteiger partial charge in [0.2, 0.25) is 0 Å². The van der Waals surface area contributed by atoms with Gasteiger partial charge in [-0.25, -0.2) is 4.98 Å². The van der Waals surface area contributed by atoms with Gasteiger partial charge in [0.05, 0.1) is 17.1 Å². The maximum absolute atomic E-state index is 12.6. The highest BCUT2D eigenvalue weighted by Crippen LogP contribution is 2.21. The number of carbonyl (C=O) groups excluding carboxylic acids is 1. The lowest BCUT2D eigenvalue weighted by molar-refractivity contribution is 0.0813. The Labute approximate surface area is 162 Å². The molecule has 1 unspecified atom stereocenters. The number of amides is 1. The smallest absolute Gasteiger partial charge is 0.270 e. The van der Waals surface area contributed by atoms with E-state index in [4.69, 9.17) is 0 Å². The summed E-state index contributed by atoms with van der Waals surface area (Å²) in [4.78, 5) is 24.4. The van der Waals surface area contributed by atoms with Gasteiger partial charge in [-0.2, -0.15) is 0 Å². The fourth-order valence-electron chi connectivity index (χ4n) is 3.15. The molecule has 2 atom stereocenters. The topological polar surface area (TPSA) is 90.9 Å². The summed E-state index contributed by atoms with van der Waals surface area (Å²) >= 11 is 0. The number of aliphatic hydroxyl groups excluding tert-OH is 1. The molecule has 0 bridgehead atoms. The van der Waals surface area contributed by atoms with Crippen molar-refractivity contribution in [3.05, 3.63) is 96.1 Å². The summed E-state index contributed by atoms with van der Waals surface area (Å²) in [5.41, 5.74) is 2.92. The summed E-state index contributed by atoms with van der Waals surface area (Å²) in [7, 11) is 0. The summed E-state index contributed by atoms with van der Waals surface area (Å²) in [5.74, 6) is 0.0835. The van der Waals surface area contributed by atoms with Crippen molar-refractivity contribution in [2.24, 2.45) is 0 Å². The minimum Gasteiger partial charge on any atom is -0.383 e. The second-order valence-corrected chi connectivity index (χ2v) is 6.57. The van der Waals surface area contributed by atoms with Crippen molar-refractivity contribution < 1.29 is 9.90 Å². The molecule has 140 valence electrons. The molecule has 0 aliphatic heterocycles. The van der Waals surface area contributed by atoms with Crippen molar-refractivity contribution in [1.82, 2.24) is 20.3 Å². The quantitative estimate of drug-likeness (QED) is 0.485. The molecule has 2 heterocycles. The monoisotopic (exact) mass is 372 g/mol. The molecule has 0 aliphatic rings. The van der Waals surface area contributed by atoms with Gasteiger partial charge in [0.15, 0.2) is 0 Å². The van der Waals surface area contributed by atoms with Crippen LogP contribution in [0.25, 0.3) is 11.0 Å². The Morgan fingerprint density at radius 3 is 2.50 bits per heavy atom. The molecule has 28 heavy (non-hydrogen) atoms. The van der Waals surface area contributed by atoms with Crippen molar-refractivity contribution >= 4 is 16.9 Å². The lowest BCUT2D eigenvalue weighted by Crippen LogP contribution is -2.41. The van der Waals surface area contributed by atoms with Crippen molar-refractivity contribution in [3.63, 3.8) is 0 Å². The molecular formula is C22H20N4O2. The van der Waals surface area contributed by atoms with E-state index in [1.54, 1.807) is 24.4 Å². The average Bonchev–Trinajstić information content (AvgIpc) is 3.18. The molecule has 0 spiro atoms. The third-order valence-corrected chi connectivity index (χ3v) is 4.58. The largest absolute Gasteiger partial charge is 0.383 e. The molecule has 0 fully saturated rings. The van der Waals surface area contributed by atoms with E-state index in [0.717, 1.165) is 16.6 Å². The molecular weight excluding hydrogens is 352 g/mol. The van der Waals surface area contributed by atoms with Crippen LogP contribution in [0.5, 0.6) is 0 Å². The predicted molar refractivity (Wildman–Crippen MR) is 107 cm³/mol. The number of para-hydroxylation sites is 2. The van der Waals surface area contributed by atoms with E-state index in [2.05, 4.69) is 20.3 Å². The number of fused-ring (bicyclic) bond motifs is 1. The van der Waals surface area contributed by atoms with Crippen LogP contribution in [0, 0.1) is 0 Å². The van der Waals surface area contributed by atoms with E-state index >= 15 is 0 Å². The third-order valence-electron chi connectivity index (χ3n) is 4.58. The molecule has 1 amide bonds. The fourth-order valence-corrected chi connectivity index (χ4v) is 3.15. The molecule has 0 saturated heterocycles. The second-order valence-electron chi connectivity index (χ2n) is 6.57. The second kappa shape index (κ2) is 8.02. The molecule has 3 N–H and O–H groups in total. The molecule has 0 radical (unpaired) electrons. The summed E-state index contributed by atoms with van der Waals surface area (Å²) in [6, 6.07) is 21.9. The van der Waals surface area contributed by atoms with Gasteiger partial charge in [-0.15, -0.1) is 0 Å². The van der Waals surface area contributed by atoms with Crippen LogP contribution in [0.15, 0.2) is 79.0 Å². The number of aliphatic hydroxyl groups is 1. The number of pyridine rings is 1. The Kier molecular flexibility index (Phi) is 5.12. The van der Waals surface area contributed by atoms with Crippen LogP contribution < -0.4 is 5.32 Å². The maximum atomic E-state index is 12.6. The Morgan fingerprint density at radius 1 is 1.00 bits per heavy atom. The number of H-pyrrole nitrogens is 1. The SMILES string of the molecule is O=C(N[C@@H](Cc1ccccc1)C(O)c1nc2ccccc2[nH]1)c1ccccn1. The van der Waals surface area contributed by atoms with Crippen molar-refractivity contribution in [1.29, 1.82) is 0 Å². The van der Waals surface area contributed by atoms with Crippen LogP contribution in [0.1, 0.15) is 28.0 Å². The van der Waals surface area contributed by atoms with Gasteiger partial charge in [0.25, 0.3) is 5.91 Å². The molecule has 2 aromatic heterocycles. The zero-order valence-electron chi connectivity index (χ0n) is 15.1. The van der Waals surface area contributed by atoms with E-state index in [1.807, 2.05) is 54.6 Å². The van der Waals surface area contributed by atoms with E-state index in [1.165, 1.54) is 0 Å². The molecule has 0 saturated carbocycles. The lowest BCUT2D eigenvalue weighted by Gasteiger charge is -2.23. The number of nitrogens with zero attached hydrogens (tertiary/aromatic N) is 2. The molecule has 2 aromatic carbocycles. The van der Waals surface area contributed by atoms with E-state index in [9.17, 15) is 9.90 Å². The van der Waals surface area contributed by atoms with Crippen LogP contribution in [0.3, 0.4) is 0 Å². The summed E-state index contributed by atoms with van der Waals surface area (Å²) in [6.07, 6.45) is 1.02. The van der Waals surface area contributed by atoms with Crippen LogP contribution >= 0.6 is 0 Å². The minimum atomic E-state index is -1.000. The number of benzene rings is 2. The Hall–Kier alpha value is -3.51. The van der Waals surface area contributed by atoms with E-state index in [-0.39, 0.29) is 5.91 Å². The lowest BCUT2D eigenvalue weighted by atomic mass is 10.0. The number of aromatic amines is 1. The Balaban J connectivity index is 1.62. The molecule has 4 rings (SSSR count). The number of rotatable bonds is 6. The van der Waals surface area contributed by atoms with Crippen molar-refractivity contribution in [2.75, 3.05) is 0 Å². The predicted octanol–water partition coefficient (Wildman–Crippen LogP) is 3.03. The Bertz CT molecular complexity index is 1030. The Morgan fingerprint density at radius 2 is 1.75 bits per heavy atom. The summed E-state index contributed by atoms with van der Waals surface area (Å²) in [6.45, 7) is 0. The molecule has 6 heteroatoms. The number of hydrogen-bond acceptors (Lipinski definition) is 4. The van der Waals surface area contributed by atoms with Gasteiger partial charge in [-0.3, -0.25) is 9.78 Å². The third kappa shape index (κ3) is 3.92. The standard InChI is InChI=1S/C22H20N4O2/c27-20(21-24-16-10-4-5-11-17(16)25-21)19(14-15-8-2-1-3-9-15)26-22(28)18-12-6-7-13-23-18/h1-13,19-20,27H,14H2,(H,24,25)(H,26,28)/t19-,20?/m0/s1. The first-order valence-corrected chi connectivity index (χ1v) is 9.09. The highest BCUT2D eigenvalue weighted by molar-refractivity contribution is 5.92. The van der Waals surface area contributed by atoms with Crippen LogP contribution in [-0.2, 0) is 6.42 Å². The fraction of sp³-hybridized carbons (Fsp3) is 0.136. The maximum Gasteiger partial charge on any atom is 0.270 e. The first-order chi connectivity index (χ1) is 13.7. The van der Waals surface area contributed by atoms with Crippen LogP contribution in [0.2, 0.25) is 0 Å². The van der Waals surface area contributed by atoms with Crippen LogP contribution in [0.4, 0.5) is 0 Å². The minimum absolute atomic E-state index is 0.303. The number of aromatic nitrogens is 3. The zero-order valence-corrected chi connectivity index (χ0v) is 15.1. The summed E-state index contributed by atoms with van der Waals surface area (Å²) < 4.78 is 0. The van der Waals surface area contributed by atoms with Gasteiger partial charge in [-0.1, -0.05) is 48.5 Å². The van der Waals surface area contributed by atoms with Gasteiger partial charge >= 0.3 is 0 Å². The number of carbonyl (C=O) groups is 1. The normalized spacial score (nSPS) is 13.2. The van der Waals surface area contributed by atoms with Crippen LogP contribution in [-0.4, -0.2) is 32.0 Å². The zero-order chi connectivity index (χ0) is 19.3. The average molecular weight is 372 g/mol. The van der Waals surface area contributed by atoms with Crippen molar-refractivity contribution in [3.8, 4) is 0 Å². The van der Waals surface area contributed by atoms with Gasteiger partial charge in [0, 0.05) is 6.20 Å². The molecule has 6 nitrogen and oxygen atoms in total. The van der Waals surface area contributed by atoms with Crippen molar-refractivity contribution in [2.45, 2.75) is 18.6 Å². The molecule has 4 aromatic rings. The summed E-state index contributed by atoms with van der Waals surface area (Å²) in [5, 5.41) is 13.9. The number of nitrogens with one attached hydrogen (secondary N) is 2. The number of imidazole rings is 1. The first kappa shape index (κ1) is 17.9. The number of hydrogen-bond donors (Lipinski definition) is 3. The molecule has 0 aliphatic carbocycles. The highest BCUT2D eigenvalue weighted by atomic mass is 16.3. The van der Waals surface area contributed by atoms with Gasteiger partial charge in [-0.05, 0) is 36.2 Å².